The Hall–Kier alpha value is -2.47. The molecule has 2 aromatic rings. The molecule has 1 amide bonds. The lowest BCUT2D eigenvalue weighted by Gasteiger charge is -2.29. The Labute approximate surface area is 135 Å². The number of carbonyl (C=O) groups excluding carboxylic acids is 1. The lowest BCUT2D eigenvalue weighted by molar-refractivity contribution is 0.0949. The van der Waals surface area contributed by atoms with Gasteiger partial charge in [0, 0.05) is 37.7 Å². The van der Waals surface area contributed by atoms with Crippen LogP contribution in [0.25, 0.3) is 0 Å². The van der Waals surface area contributed by atoms with Crippen molar-refractivity contribution in [1.29, 1.82) is 0 Å². The Bertz CT molecular complexity index is 670. The van der Waals surface area contributed by atoms with Gasteiger partial charge in [-0.3, -0.25) is 9.78 Å². The number of aryl methyl sites for hydroxylation is 1. The van der Waals surface area contributed by atoms with Crippen molar-refractivity contribution in [3.05, 3.63) is 53.5 Å². The van der Waals surface area contributed by atoms with Crippen molar-refractivity contribution in [3.63, 3.8) is 0 Å². The van der Waals surface area contributed by atoms with Gasteiger partial charge < -0.3 is 15.0 Å². The summed E-state index contributed by atoms with van der Waals surface area (Å²) in [6, 6.07) is 7.49. The molecule has 0 aromatic carbocycles. The minimum absolute atomic E-state index is 0.122. The zero-order valence-electron chi connectivity index (χ0n) is 13.2. The van der Waals surface area contributed by atoms with E-state index >= 15 is 0 Å². The number of nitrogens with one attached hydrogen (secondary N) is 1. The lowest BCUT2D eigenvalue weighted by atomic mass is 10.2. The van der Waals surface area contributed by atoms with Crippen LogP contribution in [0, 0.1) is 6.92 Å². The zero-order valence-corrected chi connectivity index (χ0v) is 13.2. The first-order valence-electron chi connectivity index (χ1n) is 7.71. The molecular formula is C17H20N4O2. The molecule has 0 radical (unpaired) electrons. The van der Waals surface area contributed by atoms with Crippen LogP contribution in [-0.2, 0) is 11.3 Å². The van der Waals surface area contributed by atoms with Crippen LogP contribution in [0.3, 0.4) is 0 Å². The molecule has 6 nitrogen and oxygen atoms in total. The fourth-order valence-corrected chi connectivity index (χ4v) is 2.52. The molecule has 3 rings (SSSR count). The van der Waals surface area contributed by atoms with Gasteiger partial charge in [-0.1, -0.05) is 6.07 Å². The number of aromatic nitrogens is 2. The fourth-order valence-electron chi connectivity index (χ4n) is 2.52. The average Bonchev–Trinajstić information content (AvgIpc) is 2.61. The second-order valence-corrected chi connectivity index (χ2v) is 5.47. The van der Waals surface area contributed by atoms with Crippen LogP contribution in [0.15, 0.2) is 36.7 Å². The van der Waals surface area contributed by atoms with Crippen molar-refractivity contribution in [1.82, 2.24) is 15.3 Å². The minimum Gasteiger partial charge on any atom is -0.378 e. The van der Waals surface area contributed by atoms with Gasteiger partial charge >= 0.3 is 0 Å². The van der Waals surface area contributed by atoms with Gasteiger partial charge in [0.1, 0.15) is 5.82 Å². The highest BCUT2D eigenvalue weighted by atomic mass is 16.5. The van der Waals surface area contributed by atoms with E-state index in [1.165, 1.54) is 0 Å². The topological polar surface area (TPSA) is 67.4 Å². The van der Waals surface area contributed by atoms with Crippen molar-refractivity contribution < 1.29 is 9.53 Å². The summed E-state index contributed by atoms with van der Waals surface area (Å²) in [4.78, 5) is 23.3. The lowest BCUT2D eigenvalue weighted by Crippen LogP contribution is -2.38. The highest BCUT2D eigenvalue weighted by Crippen LogP contribution is 2.20. The molecule has 1 N–H and O–H groups in total. The van der Waals surface area contributed by atoms with E-state index in [2.05, 4.69) is 20.2 Å². The largest absolute Gasteiger partial charge is 0.378 e. The summed E-state index contributed by atoms with van der Waals surface area (Å²) in [5.74, 6) is 0.611. The van der Waals surface area contributed by atoms with Crippen LogP contribution < -0.4 is 10.2 Å². The second-order valence-electron chi connectivity index (χ2n) is 5.47. The summed E-state index contributed by atoms with van der Waals surface area (Å²) in [5, 5.41) is 2.94. The third kappa shape index (κ3) is 3.84. The molecule has 1 fully saturated rings. The van der Waals surface area contributed by atoms with Crippen LogP contribution in [0.5, 0.6) is 0 Å². The molecule has 6 heteroatoms. The van der Waals surface area contributed by atoms with Crippen LogP contribution in [0.1, 0.15) is 21.6 Å². The highest BCUT2D eigenvalue weighted by molar-refractivity contribution is 5.99. The number of rotatable bonds is 4. The number of anilines is 1. The summed E-state index contributed by atoms with van der Waals surface area (Å²) in [5.41, 5.74) is 2.46. The Balaban J connectivity index is 1.76. The van der Waals surface area contributed by atoms with Crippen LogP contribution in [0.4, 0.5) is 5.82 Å². The summed E-state index contributed by atoms with van der Waals surface area (Å²) < 4.78 is 5.38. The molecule has 0 aliphatic carbocycles. The smallest absolute Gasteiger partial charge is 0.255 e. The van der Waals surface area contributed by atoms with E-state index in [1.54, 1.807) is 12.4 Å². The van der Waals surface area contributed by atoms with E-state index < -0.39 is 0 Å². The molecule has 120 valence electrons. The number of hydrogen-bond donors (Lipinski definition) is 1. The minimum atomic E-state index is -0.122. The van der Waals surface area contributed by atoms with Gasteiger partial charge in [0.15, 0.2) is 0 Å². The molecule has 1 aliphatic heterocycles. The van der Waals surface area contributed by atoms with Crippen molar-refractivity contribution in [2.75, 3.05) is 31.2 Å². The summed E-state index contributed by atoms with van der Waals surface area (Å²) >= 11 is 0. The molecule has 2 aromatic heterocycles. The number of carbonyl (C=O) groups is 1. The molecule has 3 heterocycles. The van der Waals surface area contributed by atoms with Gasteiger partial charge in [-0.2, -0.15) is 0 Å². The number of pyridine rings is 2. The van der Waals surface area contributed by atoms with Crippen molar-refractivity contribution in [3.8, 4) is 0 Å². The number of ether oxygens (including phenoxy) is 1. The first kappa shape index (κ1) is 15.4. The average molecular weight is 312 g/mol. The molecule has 0 bridgehead atoms. The third-order valence-electron chi connectivity index (χ3n) is 3.75. The van der Waals surface area contributed by atoms with Gasteiger partial charge in [-0.15, -0.1) is 0 Å². The Morgan fingerprint density at radius 1 is 1.30 bits per heavy atom. The number of amides is 1. The predicted molar refractivity (Wildman–Crippen MR) is 87.4 cm³/mol. The summed E-state index contributed by atoms with van der Waals surface area (Å²) in [7, 11) is 0. The Morgan fingerprint density at radius 2 is 2.13 bits per heavy atom. The van der Waals surface area contributed by atoms with Crippen LogP contribution in [0.2, 0.25) is 0 Å². The van der Waals surface area contributed by atoms with Gasteiger partial charge in [0.2, 0.25) is 0 Å². The van der Waals surface area contributed by atoms with Crippen LogP contribution in [-0.4, -0.2) is 42.2 Å². The summed E-state index contributed by atoms with van der Waals surface area (Å²) in [6.45, 7) is 5.20. The number of morpholine rings is 1. The van der Waals surface area contributed by atoms with Crippen molar-refractivity contribution in [2.24, 2.45) is 0 Å². The first-order valence-corrected chi connectivity index (χ1v) is 7.71. The quantitative estimate of drug-likeness (QED) is 0.928. The third-order valence-corrected chi connectivity index (χ3v) is 3.75. The molecule has 1 aliphatic rings. The molecule has 0 atom stereocenters. The van der Waals surface area contributed by atoms with E-state index in [9.17, 15) is 4.79 Å². The van der Waals surface area contributed by atoms with Gasteiger partial charge in [0.25, 0.3) is 5.91 Å². The van der Waals surface area contributed by atoms with E-state index in [0.717, 1.165) is 30.2 Å². The maximum atomic E-state index is 12.6. The van der Waals surface area contributed by atoms with Gasteiger partial charge in [-0.25, -0.2) is 4.98 Å². The molecule has 0 saturated carbocycles. The van der Waals surface area contributed by atoms with Crippen LogP contribution >= 0.6 is 0 Å². The Morgan fingerprint density at radius 3 is 2.87 bits per heavy atom. The highest BCUT2D eigenvalue weighted by Gasteiger charge is 2.20. The maximum absolute atomic E-state index is 12.6. The molecule has 0 unspecified atom stereocenters. The Kier molecular flexibility index (Phi) is 4.83. The molecule has 1 saturated heterocycles. The molecule has 23 heavy (non-hydrogen) atoms. The first-order chi connectivity index (χ1) is 11.2. The standard InChI is InChI=1S/C17H20N4O2/c1-13-4-5-15(16(20-13)21-7-9-23-10-8-21)17(22)19-12-14-3-2-6-18-11-14/h2-6,11H,7-10,12H2,1H3,(H,19,22). The molecule has 0 spiro atoms. The monoisotopic (exact) mass is 312 g/mol. The second kappa shape index (κ2) is 7.19. The predicted octanol–water partition coefficient (Wildman–Crippen LogP) is 1.55. The van der Waals surface area contributed by atoms with E-state index in [0.29, 0.717) is 25.3 Å². The normalized spacial score (nSPS) is 14.6. The van der Waals surface area contributed by atoms with E-state index in [-0.39, 0.29) is 5.91 Å². The van der Waals surface area contributed by atoms with E-state index in [1.807, 2.05) is 31.2 Å². The van der Waals surface area contributed by atoms with E-state index in [4.69, 9.17) is 4.74 Å². The fraction of sp³-hybridized carbons (Fsp3) is 0.353. The van der Waals surface area contributed by atoms with Gasteiger partial charge in [0.05, 0.1) is 18.8 Å². The maximum Gasteiger partial charge on any atom is 0.255 e. The zero-order chi connectivity index (χ0) is 16.1. The summed E-state index contributed by atoms with van der Waals surface area (Å²) in [6.07, 6.45) is 3.46. The van der Waals surface area contributed by atoms with Gasteiger partial charge in [-0.05, 0) is 30.7 Å². The number of nitrogens with zero attached hydrogens (tertiary/aromatic N) is 3. The number of hydrogen-bond acceptors (Lipinski definition) is 5. The SMILES string of the molecule is Cc1ccc(C(=O)NCc2cccnc2)c(N2CCOCC2)n1. The van der Waals surface area contributed by atoms with Crippen molar-refractivity contribution >= 4 is 11.7 Å². The van der Waals surface area contributed by atoms with Crippen molar-refractivity contribution in [2.45, 2.75) is 13.5 Å². The molecular weight excluding hydrogens is 292 g/mol.